The van der Waals surface area contributed by atoms with E-state index in [9.17, 15) is 4.79 Å². The number of nitrogens with zero attached hydrogens (tertiary/aromatic N) is 1. The third kappa shape index (κ3) is 3.58. The second kappa shape index (κ2) is 7.66. The van der Waals surface area contributed by atoms with Crippen molar-refractivity contribution in [3.8, 4) is 5.75 Å². The van der Waals surface area contributed by atoms with Crippen molar-refractivity contribution in [3.63, 3.8) is 0 Å². The third-order valence-electron chi connectivity index (χ3n) is 4.53. The molecule has 2 fully saturated rings. The fourth-order valence-electron chi connectivity index (χ4n) is 3.53. The van der Waals surface area contributed by atoms with Crippen LogP contribution in [0.5, 0.6) is 5.75 Å². The molecule has 2 bridgehead atoms. The fourth-order valence-corrected chi connectivity index (χ4v) is 3.94. The summed E-state index contributed by atoms with van der Waals surface area (Å²) < 4.78 is 6.36. The van der Waals surface area contributed by atoms with Crippen molar-refractivity contribution < 1.29 is 9.53 Å². The number of carbonyl (C=O) groups is 1. The lowest BCUT2D eigenvalue weighted by atomic mass is 10.1. The summed E-state index contributed by atoms with van der Waals surface area (Å²) in [5.74, 6) is 1.01. The summed E-state index contributed by atoms with van der Waals surface area (Å²) in [6.07, 6.45) is 3.75. The Kier molecular flexibility index (Phi) is 6.12. The summed E-state index contributed by atoms with van der Waals surface area (Å²) >= 11 is 3.47. The largest absolute Gasteiger partial charge is 0.496 e. The quantitative estimate of drug-likeness (QED) is 0.864. The van der Waals surface area contributed by atoms with E-state index in [1.54, 1.807) is 7.11 Å². The summed E-state index contributed by atoms with van der Waals surface area (Å²) in [4.78, 5) is 14.9. The highest BCUT2D eigenvalue weighted by molar-refractivity contribution is 9.10. The maximum absolute atomic E-state index is 12.8. The minimum absolute atomic E-state index is 0. The number of benzene rings is 1. The maximum Gasteiger partial charge on any atom is 0.227 e. The van der Waals surface area contributed by atoms with E-state index in [4.69, 9.17) is 4.74 Å². The molecule has 0 aliphatic carbocycles. The van der Waals surface area contributed by atoms with Gasteiger partial charge in [0.15, 0.2) is 0 Å². The smallest absolute Gasteiger partial charge is 0.227 e. The minimum atomic E-state index is 0. The van der Waals surface area contributed by atoms with Gasteiger partial charge in [0.2, 0.25) is 5.91 Å². The highest BCUT2D eigenvalue weighted by Crippen LogP contribution is 2.30. The fraction of sp³-hybridized carbons (Fsp3) is 0.562. The molecule has 1 aromatic carbocycles. The molecule has 22 heavy (non-hydrogen) atoms. The number of methoxy groups -OCH3 is 1. The van der Waals surface area contributed by atoms with E-state index >= 15 is 0 Å². The zero-order chi connectivity index (χ0) is 14.8. The average molecular weight is 390 g/mol. The van der Waals surface area contributed by atoms with Crippen molar-refractivity contribution in [2.24, 2.45) is 0 Å². The molecule has 2 unspecified atom stereocenters. The van der Waals surface area contributed by atoms with Crippen LogP contribution in [0.2, 0.25) is 0 Å². The van der Waals surface area contributed by atoms with Gasteiger partial charge in [0.1, 0.15) is 5.75 Å². The Morgan fingerprint density at radius 1 is 1.36 bits per heavy atom. The van der Waals surface area contributed by atoms with E-state index in [0.717, 1.165) is 48.1 Å². The molecule has 2 aliphatic heterocycles. The van der Waals surface area contributed by atoms with Gasteiger partial charge in [-0.3, -0.25) is 4.79 Å². The molecule has 0 spiro atoms. The van der Waals surface area contributed by atoms with Gasteiger partial charge in [0, 0.05) is 28.7 Å². The summed E-state index contributed by atoms with van der Waals surface area (Å²) in [6.45, 7) is 1.95. The highest BCUT2D eigenvalue weighted by atomic mass is 79.9. The van der Waals surface area contributed by atoms with Gasteiger partial charge in [-0.2, -0.15) is 0 Å². The van der Waals surface area contributed by atoms with E-state index in [2.05, 4.69) is 26.1 Å². The number of rotatable bonds is 3. The molecule has 0 saturated carbocycles. The molecule has 0 aromatic heterocycles. The first-order valence-electron chi connectivity index (χ1n) is 7.53. The maximum atomic E-state index is 12.8. The Morgan fingerprint density at radius 2 is 2.14 bits per heavy atom. The van der Waals surface area contributed by atoms with E-state index in [0.29, 0.717) is 18.5 Å². The van der Waals surface area contributed by atoms with Crippen molar-refractivity contribution in [3.05, 3.63) is 28.2 Å². The molecule has 3 rings (SSSR count). The Morgan fingerprint density at radius 3 is 2.91 bits per heavy atom. The van der Waals surface area contributed by atoms with Crippen LogP contribution >= 0.6 is 28.3 Å². The first kappa shape index (κ1) is 17.6. The van der Waals surface area contributed by atoms with Crippen LogP contribution in [0, 0.1) is 0 Å². The average Bonchev–Trinajstić information content (AvgIpc) is 2.72. The molecule has 0 radical (unpaired) electrons. The van der Waals surface area contributed by atoms with Gasteiger partial charge in [-0.05, 0) is 44.0 Å². The second-order valence-electron chi connectivity index (χ2n) is 5.81. The number of amides is 1. The molecule has 6 heteroatoms. The van der Waals surface area contributed by atoms with Crippen LogP contribution in [-0.2, 0) is 11.2 Å². The molecule has 1 N–H and O–H groups in total. The summed E-state index contributed by atoms with van der Waals surface area (Å²) in [7, 11) is 1.65. The summed E-state index contributed by atoms with van der Waals surface area (Å²) in [6, 6.07) is 6.60. The number of fused-ring (bicyclic) bond motifs is 2. The topological polar surface area (TPSA) is 41.6 Å². The van der Waals surface area contributed by atoms with Gasteiger partial charge in [-0.25, -0.2) is 0 Å². The monoisotopic (exact) mass is 388 g/mol. The minimum Gasteiger partial charge on any atom is -0.496 e. The zero-order valence-electron chi connectivity index (χ0n) is 12.7. The molecular formula is C16H22BrClN2O2. The molecule has 2 heterocycles. The van der Waals surface area contributed by atoms with Crippen LogP contribution < -0.4 is 10.1 Å². The Balaban J connectivity index is 0.00000176. The molecule has 4 nitrogen and oxygen atoms in total. The van der Waals surface area contributed by atoms with E-state index in [-0.39, 0.29) is 18.3 Å². The number of hydrogen-bond donors (Lipinski definition) is 1. The lowest BCUT2D eigenvalue weighted by Gasteiger charge is -2.28. The summed E-state index contributed by atoms with van der Waals surface area (Å²) in [5, 5.41) is 3.43. The van der Waals surface area contributed by atoms with Crippen molar-refractivity contribution in [1.82, 2.24) is 10.2 Å². The van der Waals surface area contributed by atoms with Crippen molar-refractivity contribution >= 4 is 34.2 Å². The molecule has 2 aliphatic rings. The zero-order valence-corrected chi connectivity index (χ0v) is 15.1. The van der Waals surface area contributed by atoms with Gasteiger partial charge < -0.3 is 15.0 Å². The molecule has 1 aromatic rings. The SMILES string of the molecule is COc1ccc(Br)cc1CC(=O)N1C2CCNCC1CC2.Cl. The molecule has 2 saturated heterocycles. The van der Waals surface area contributed by atoms with Crippen LogP contribution in [0.1, 0.15) is 24.8 Å². The van der Waals surface area contributed by atoms with Crippen LogP contribution in [0.4, 0.5) is 0 Å². The number of halogens is 2. The number of nitrogens with one attached hydrogen (secondary N) is 1. The first-order chi connectivity index (χ1) is 10.2. The predicted octanol–water partition coefficient (Wildman–Crippen LogP) is 2.77. The van der Waals surface area contributed by atoms with Gasteiger partial charge in [-0.15, -0.1) is 12.4 Å². The van der Waals surface area contributed by atoms with E-state index in [1.807, 2.05) is 18.2 Å². The van der Waals surface area contributed by atoms with E-state index < -0.39 is 0 Å². The normalized spacial score (nSPS) is 23.6. The van der Waals surface area contributed by atoms with Crippen LogP contribution in [-0.4, -0.2) is 43.1 Å². The lowest BCUT2D eigenvalue weighted by Crippen LogP contribution is -2.43. The van der Waals surface area contributed by atoms with Gasteiger partial charge in [0.25, 0.3) is 0 Å². The molecular weight excluding hydrogens is 368 g/mol. The summed E-state index contributed by atoms with van der Waals surface area (Å²) in [5.41, 5.74) is 0.952. The van der Waals surface area contributed by atoms with Crippen LogP contribution in [0.25, 0.3) is 0 Å². The second-order valence-corrected chi connectivity index (χ2v) is 6.73. The third-order valence-corrected chi connectivity index (χ3v) is 5.02. The Hall–Kier alpha value is -0.780. The Labute approximate surface area is 146 Å². The van der Waals surface area contributed by atoms with Crippen molar-refractivity contribution in [2.75, 3.05) is 20.2 Å². The van der Waals surface area contributed by atoms with Crippen LogP contribution in [0.15, 0.2) is 22.7 Å². The van der Waals surface area contributed by atoms with Crippen molar-refractivity contribution in [2.45, 2.75) is 37.8 Å². The van der Waals surface area contributed by atoms with Crippen molar-refractivity contribution in [1.29, 1.82) is 0 Å². The number of carbonyl (C=O) groups excluding carboxylic acids is 1. The van der Waals surface area contributed by atoms with Gasteiger partial charge in [0.05, 0.1) is 13.5 Å². The first-order valence-corrected chi connectivity index (χ1v) is 8.32. The molecule has 1 amide bonds. The molecule has 122 valence electrons. The lowest BCUT2D eigenvalue weighted by molar-refractivity contribution is -0.133. The predicted molar refractivity (Wildman–Crippen MR) is 92.8 cm³/mol. The Bertz CT molecular complexity index is 527. The number of ether oxygens (including phenoxy) is 1. The highest BCUT2D eigenvalue weighted by Gasteiger charge is 2.37. The van der Waals surface area contributed by atoms with Gasteiger partial charge in [-0.1, -0.05) is 15.9 Å². The van der Waals surface area contributed by atoms with E-state index in [1.165, 1.54) is 0 Å². The molecule has 2 atom stereocenters. The standard InChI is InChI=1S/C16H21BrN2O2.ClH/c1-21-15-5-2-12(17)8-11(15)9-16(20)19-13-3-4-14(19)10-18-7-6-13;/h2,5,8,13-14,18H,3-4,6-7,9-10H2,1H3;1H. The van der Waals surface area contributed by atoms with Gasteiger partial charge >= 0.3 is 0 Å². The van der Waals surface area contributed by atoms with Crippen LogP contribution in [0.3, 0.4) is 0 Å². The number of hydrogen-bond acceptors (Lipinski definition) is 3.